The smallest absolute Gasteiger partial charge is 0.342 e. The molecule has 2 N–H and O–H groups in total. The molecular weight excluding hydrogens is 618 g/mol. The van der Waals surface area contributed by atoms with Gasteiger partial charge in [-0.15, -0.1) is 0 Å². The molecule has 48 heavy (non-hydrogen) atoms. The maximum Gasteiger partial charge on any atom is 0.342 e. The van der Waals surface area contributed by atoms with Gasteiger partial charge in [-0.05, 0) is 75.5 Å². The van der Waals surface area contributed by atoms with Gasteiger partial charge in [-0.2, -0.15) is 13.8 Å². The number of ether oxygens (including phenoxy) is 1. The fourth-order valence-corrected chi connectivity index (χ4v) is 7.99. The molecule has 1 saturated heterocycles. The van der Waals surface area contributed by atoms with Crippen molar-refractivity contribution in [2.75, 3.05) is 68.5 Å². The first-order chi connectivity index (χ1) is 23.2. The first-order valence-electron chi connectivity index (χ1n) is 17.7. The minimum absolute atomic E-state index is 0.133. The number of piperazine rings is 1. The molecule has 5 aliphatic rings. The fraction of sp³-hybridized carbons (Fsp3) is 0.657. The highest BCUT2D eigenvalue weighted by molar-refractivity contribution is 6.02. The standard InChI is InChI=1S/C35H48F2N8O3/c1-42-29-20-38-34(41-31(29)45(27-5-3-4-6-27)22-35(36,37)33(42)47)40-28-14-9-24(19-30(28)48-2)32(46)39-25-10-12-26(13-11-25)44-17-15-43(16-18-44)21-23-7-8-23/h9,14,19-20,23,25-27H,3-8,10-13,15-18,21-22H2,1-2H3,(H,39,46)(H,38,40,41). The lowest BCUT2D eigenvalue weighted by atomic mass is 9.89. The summed E-state index contributed by atoms with van der Waals surface area (Å²) in [4.78, 5) is 42.7. The van der Waals surface area contributed by atoms with Crippen LogP contribution in [0.5, 0.6) is 5.75 Å². The molecule has 11 nitrogen and oxygen atoms in total. The molecule has 0 spiro atoms. The van der Waals surface area contributed by atoms with Crippen LogP contribution >= 0.6 is 0 Å². The summed E-state index contributed by atoms with van der Waals surface area (Å²) in [6, 6.07) is 5.76. The van der Waals surface area contributed by atoms with Crippen LogP contribution in [-0.2, 0) is 4.79 Å². The molecule has 0 radical (unpaired) electrons. The zero-order chi connectivity index (χ0) is 33.4. The Morgan fingerprint density at radius 1 is 1.00 bits per heavy atom. The third-order valence-corrected chi connectivity index (χ3v) is 11.0. The summed E-state index contributed by atoms with van der Waals surface area (Å²) in [7, 11) is 2.86. The predicted molar refractivity (Wildman–Crippen MR) is 181 cm³/mol. The number of alkyl halides is 2. The Morgan fingerprint density at radius 2 is 1.73 bits per heavy atom. The van der Waals surface area contributed by atoms with Crippen molar-refractivity contribution in [3.05, 3.63) is 30.0 Å². The molecule has 0 bridgehead atoms. The molecule has 0 unspecified atom stereocenters. The summed E-state index contributed by atoms with van der Waals surface area (Å²) in [5.41, 5.74) is 1.26. The zero-order valence-corrected chi connectivity index (χ0v) is 28.1. The SMILES string of the molecule is COc1cc(C(=O)NC2CCC(N3CCN(CC4CC4)CC3)CC2)ccc1Nc1ncc2c(n1)N(C1CCCC1)CC(F)(F)C(=O)N2C. The number of benzene rings is 1. The quantitative estimate of drug-likeness (QED) is 0.396. The number of nitrogens with zero attached hydrogens (tertiary/aromatic N) is 6. The van der Waals surface area contributed by atoms with Gasteiger partial charge >= 0.3 is 5.92 Å². The largest absolute Gasteiger partial charge is 0.495 e. The van der Waals surface area contributed by atoms with E-state index in [1.807, 2.05) is 0 Å². The predicted octanol–water partition coefficient (Wildman–Crippen LogP) is 4.66. The van der Waals surface area contributed by atoms with Crippen molar-refractivity contribution < 1.29 is 23.1 Å². The number of carbonyl (C=O) groups is 2. The Bertz CT molecular complexity index is 1480. The van der Waals surface area contributed by atoms with E-state index in [1.165, 1.54) is 52.8 Å². The van der Waals surface area contributed by atoms with Crippen LogP contribution in [0.15, 0.2) is 24.4 Å². The average Bonchev–Trinajstić information content (AvgIpc) is 3.76. The van der Waals surface area contributed by atoms with Crippen LogP contribution in [0.1, 0.15) is 74.6 Å². The van der Waals surface area contributed by atoms with Gasteiger partial charge in [-0.3, -0.25) is 14.5 Å². The van der Waals surface area contributed by atoms with Crippen molar-refractivity contribution in [2.45, 2.75) is 88.3 Å². The normalized spacial score (nSPS) is 25.5. The molecule has 2 aliphatic heterocycles. The van der Waals surface area contributed by atoms with Crippen molar-refractivity contribution in [1.29, 1.82) is 0 Å². The number of rotatable bonds is 9. The Balaban J connectivity index is 0.981. The lowest BCUT2D eigenvalue weighted by Crippen LogP contribution is -2.52. The average molecular weight is 667 g/mol. The number of aromatic nitrogens is 2. The molecular formula is C35H48F2N8O3. The van der Waals surface area contributed by atoms with Crippen molar-refractivity contribution in [3.8, 4) is 5.75 Å². The van der Waals surface area contributed by atoms with E-state index in [0.29, 0.717) is 28.9 Å². The third-order valence-electron chi connectivity index (χ3n) is 11.0. The van der Waals surface area contributed by atoms with Gasteiger partial charge in [0.2, 0.25) is 5.95 Å². The van der Waals surface area contributed by atoms with Gasteiger partial charge in [0.05, 0.1) is 25.5 Å². The summed E-state index contributed by atoms with van der Waals surface area (Å²) in [6.45, 7) is 5.20. The molecule has 1 aromatic heterocycles. The summed E-state index contributed by atoms with van der Waals surface area (Å²) >= 11 is 0. The Labute approximate surface area is 281 Å². The van der Waals surface area contributed by atoms with Crippen molar-refractivity contribution >= 4 is 35.0 Å². The minimum atomic E-state index is -3.55. The maximum atomic E-state index is 15.0. The van der Waals surface area contributed by atoms with Crippen LogP contribution in [-0.4, -0.2) is 109 Å². The van der Waals surface area contributed by atoms with Crippen LogP contribution in [0.4, 0.5) is 31.9 Å². The monoisotopic (exact) mass is 666 g/mol. The number of hydrogen-bond donors (Lipinski definition) is 2. The van der Waals surface area contributed by atoms with Crippen LogP contribution in [0.25, 0.3) is 0 Å². The Morgan fingerprint density at radius 3 is 2.42 bits per heavy atom. The molecule has 3 aliphatic carbocycles. The maximum absolute atomic E-state index is 15.0. The highest BCUT2D eigenvalue weighted by Crippen LogP contribution is 2.40. The number of halogens is 2. The van der Waals surface area contributed by atoms with E-state index in [9.17, 15) is 18.4 Å². The van der Waals surface area contributed by atoms with E-state index in [-0.39, 0.29) is 29.6 Å². The molecule has 2 amide bonds. The van der Waals surface area contributed by atoms with E-state index >= 15 is 0 Å². The van der Waals surface area contributed by atoms with Gasteiger partial charge in [0.1, 0.15) is 11.4 Å². The number of hydrogen-bond acceptors (Lipinski definition) is 9. The summed E-state index contributed by atoms with van der Waals surface area (Å²) in [5.74, 6) is -3.10. The first-order valence-corrected chi connectivity index (χ1v) is 17.7. The number of methoxy groups -OCH3 is 1. The molecule has 2 aromatic rings. The molecule has 260 valence electrons. The van der Waals surface area contributed by atoms with Crippen LogP contribution < -0.4 is 25.2 Å². The lowest BCUT2D eigenvalue weighted by molar-refractivity contribution is -0.140. The first kappa shape index (κ1) is 32.9. The van der Waals surface area contributed by atoms with Crippen molar-refractivity contribution in [3.63, 3.8) is 0 Å². The van der Waals surface area contributed by atoms with Crippen LogP contribution in [0.3, 0.4) is 0 Å². The van der Waals surface area contributed by atoms with E-state index in [4.69, 9.17) is 4.74 Å². The van der Waals surface area contributed by atoms with Gasteiger partial charge in [-0.1, -0.05) is 12.8 Å². The number of fused-ring (bicyclic) bond motifs is 1. The molecule has 3 heterocycles. The second-order valence-electron chi connectivity index (χ2n) is 14.3. The number of amides is 2. The van der Waals surface area contributed by atoms with Gasteiger partial charge in [-0.25, -0.2) is 4.98 Å². The fourth-order valence-electron chi connectivity index (χ4n) is 7.99. The molecule has 4 fully saturated rings. The molecule has 7 rings (SSSR count). The lowest BCUT2D eigenvalue weighted by Gasteiger charge is -2.42. The highest BCUT2D eigenvalue weighted by atomic mass is 19.3. The van der Waals surface area contributed by atoms with Gasteiger partial charge in [0.25, 0.3) is 11.8 Å². The third kappa shape index (κ3) is 7.08. The number of nitrogens with one attached hydrogen (secondary N) is 2. The summed E-state index contributed by atoms with van der Waals surface area (Å²) in [6.07, 6.45) is 11.8. The summed E-state index contributed by atoms with van der Waals surface area (Å²) < 4.78 is 35.6. The number of anilines is 4. The molecule has 13 heteroatoms. The summed E-state index contributed by atoms with van der Waals surface area (Å²) in [5, 5.41) is 6.38. The van der Waals surface area contributed by atoms with Crippen LogP contribution in [0, 0.1) is 5.92 Å². The van der Waals surface area contributed by atoms with Crippen molar-refractivity contribution in [1.82, 2.24) is 25.1 Å². The zero-order valence-electron chi connectivity index (χ0n) is 28.1. The number of carbonyl (C=O) groups excluding carboxylic acids is 2. The van der Waals surface area contributed by atoms with Gasteiger partial charge in [0.15, 0.2) is 5.82 Å². The second kappa shape index (κ2) is 13.7. The van der Waals surface area contributed by atoms with E-state index < -0.39 is 18.4 Å². The van der Waals surface area contributed by atoms with E-state index in [2.05, 4.69) is 30.4 Å². The van der Waals surface area contributed by atoms with Gasteiger partial charge < -0.3 is 30.1 Å². The van der Waals surface area contributed by atoms with E-state index in [1.54, 1.807) is 23.1 Å². The van der Waals surface area contributed by atoms with E-state index in [0.717, 1.165) is 75.3 Å². The van der Waals surface area contributed by atoms with Gasteiger partial charge in [0, 0.05) is 63.5 Å². The molecule has 1 aromatic carbocycles. The highest BCUT2D eigenvalue weighted by Gasteiger charge is 2.49. The second-order valence-corrected chi connectivity index (χ2v) is 14.3. The topological polar surface area (TPSA) is 106 Å². The minimum Gasteiger partial charge on any atom is -0.495 e. The Kier molecular flexibility index (Phi) is 9.43. The molecule has 0 atom stereocenters. The van der Waals surface area contributed by atoms with Crippen molar-refractivity contribution in [2.24, 2.45) is 5.92 Å². The Hall–Kier alpha value is -3.58. The van der Waals surface area contributed by atoms with Crippen LogP contribution in [0.2, 0.25) is 0 Å². The molecule has 3 saturated carbocycles.